The number of hydrogen-bond acceptors (Lipinski definition) is 2. The van der Waals surface area contributed by atoms with Crippen molar-refractivity contribution in [1.82, 2.24) is 4.98 Å². The third-order valence-electron chi connectivity index (χ3n) is 2.73. The number of carbonyl (C=O) groups excluding carboxylic acids is 1. The summed E-state index contributed by atoms with van der Waals surface area (Å²) in [6.45, 7) is 0. The second-order valence-electron chi connectivity index (χ2n) is 3.74. The maximum absolute atomic E-state index is 10.6. The number of rotatable bonds is 3. The van der Waals surface area contributed by atoms with Crippen molar-refractivity contribution in [3.8, 4) is 11.1 Å². The van der Waals surface area contributed by atoms with Crippen molar-refractivity contribution in [1.29, 1.82) is 0 Å². The molecular weight excluding hydrogens is 216 g/mol. The molecule has 1 aromatic carbocycles. The summed E-state index contributed by atoms with van der Waals surface area (Å²) in [4.78, 5) is 13.7. The fourth-order valence-electron chi connectivity index (χ4n) is 1.94. The molecule has 0 unspecified atom stereocenters. The van der Waals surface area contributed by atoms with Gasteiger partial charge < -0.3 is 14.7 Å². The lowest BCUT2D eigenvalue weighted by Crippen LogP contribution is -1.95. The first-order chi connectivity index (χ1) is 8.38. The largest absolute Gasteiger partial charge is 0.472 e. The number of aromatic amines is 1. The van der Waals surface area contributed by atoms with E-state index in [1.54, 1.807) is 12.5 Å². The van der Waals surface area contributed by atoms with Gasteiger partial charge in [0.05, 0.1) is 23.7 Å². The Bertz CT molecular complexity index is 653. The molecule has 2 N–H and O–H groups in total. The fraction of sp³-hybridized carbons (Fsp3) is 0. The zero-order valence-corrected chi connectivity index (χ0v) is 8.94. The van der Waals surface area contributed by atoms with E-state index in [2.05, 4.69) is 10.3 Å². The average Bonchev–Trinajstić information content (AvgIpc) is 3.00. The lowest BCUT2D eigenvalue weighted by molar-refractivity contribution is -0.105. The molecule has 0 aliphatic heterocycles. The van der Waals surface area contributed by atoms with E-state index in [4.69, 9.17) is 4.42 Å². The second kappa shape index (κ2) is 3.83. The highest BCUT2D eigenvalue weighted by Crippen LogP contribution is 2.30. The summed E-state index contributed by atoms with van der Waals surface area (Å²) >= 11 is 0. The van der Waals surface area contributed by atoms with Crippen LogP contribution in [-0.2, 0) is 4.79 Å². The van der Waals surface area contributed by atoms with Gasteiger partial charge in [-0.05, 0) is 29.8 Å². The highest BCUT2D eigenvalue weighted by molar-refractivity contribution is 5.98. The third-order valence-corrected chi connectivity index (χ3v) is 2.73. The molecule has 0 bridgehead atoms. The number of benzene rings is 1. The number of aromatic nitrogens is 1. The van der Waals surface area contributed by atoms with Crippen LogP contribution in [0.15, 0.2) is 47.4 Å². The molecule has 84 valence electrons. The zero-order valence-electron chi connectivity index (χ0n) is 8.94. The number of nitrogens with one attached hydrogen (secondary N) is 2. The number of furan rings is 1. The molecule has 0 radical (unpaired) electrons. The number of hydrogen-bond donors (Lipinski definition) is 2. The first-order valence-electron chi connectivity index (χ1n) is 5.22. The zero-order chi connectivity index (χ0) is 11.7. The summed E-state index contributed by atoms with van der Waals surface area (Å²) in [6.07, 6.45) is 5.83. The summed E-state index contributed by atoms with van der Waals surface area (Å²) in [5.41, 5.74) is 3.68. The van der Waals surface area contributed by atoms with E-state index in [1.165, 1.54) is 0 Å². The van der Waals surface area contributed by atoms with E-state index in [9.17, 15) is 4.79 Å². The molecule has 0 spiro atoms. The minimum absolute atomic E-state index is 0.675. The van der Waals surface area contributed by atoms with E-state index < -0.39 is 0 Å². The minimum atomic E-state index is 0.675. The molecule has 0 aliphatic rings. The van der Waals surface area contributed by atoms with Crippen LogP contribution in [0.5, 0.6) is 0 Å². The molecule has 4 heteroatoms. The van der Waals surface area contributed by atoms with Gasteiger partial charge in [0.15, 0.2) is 0 Å². The molecule has 1 amide bonds. The summed E-state index contributed by atoms with van der Waals surface area (Å²) in [5, 5.41) is 3.75. The molecule has 17 heavy (non-hydrogen) atoms. The van der Waals surface area contributed by atoms with Gasteiger partial charge in [0.25, 0.3) is 0 Å². The van der Waals surface area contributed by atoms with Crippen molar-refractivity contribution in [3.05, 3.63) is 43.0 Å². The smallest absolute Gasteiger partial charge is 0.211 e. The average molecular weight is 226 g/mol. The van der Waals surface area contributed by atoms with E-state index in [1.807, 2.05) is 30.5 Å². The molecule has 0 fully saturated rings. The predicted molar refractivity (Wildman–Crippen MR) is 65.7 cm³/mol. The van der Waals surface area contributed by atoms with E-state index in [0.29, 0.717) is 6.41 Å². The van der Waals surface area contributed by atoms with E-state index in [-0.39, 0.29) is 0 Å². The van der Waals surface area contributed by atoms with Crippen LogP contribution >= 0.6 is 0 Å². The Balaban J connectivity index is 2.23. The Kier molecular flexibility index (Phi) is 2.19. The number of carbonyl (C=O) groups is 1. The lowest BCUT2D eigenvalue weighted by atomic mass is 10.1. The van der Waals surface area contributed by atoms with Crippen LogP contribution in [0.3, 0.4) is 0 Å². The Morgan fingerprint density at radius 1 is 1.24 bits per heavy atom. The van der Waals surface area contributed by atoms with Gasteiger partial charge in [-0.25, -0.2) is 0 Å². The fourth-order valence-corrected chi connectivity index (χ4v) is 1.94. The number of H-pyrrole nitrogens is 1. The van der Waals surface area contributed by atoms with Gasteiger partial charge >= 0.3 is 0 Å². The lowest BCUT2D eigenvalue weighted by Gasteiger charge is -2.05. The number of anilines is 1. The molecule has 0 saturated carbocycles. The Morgan fingerprint density at radius 2 is 2.18 bits per heavy atom. The van der Waals surface area contributed by atoms with Crippen molar-refractivity contribution in [3.63, 3.8) is 0 Å². The molecule has 3 rings (SSSR count). The monoisotopic (exact) mass is 226 g/mol. The van der Waals surface area contributed by atoms with Crippen molar-refractivity contribution in [2.24, 2.45) is 0 Å². The van der Waals surface area contributed by atoms with Crippen LogP contribution in [0.1, 0.15) is 0 Å². The first kappa shape index (κ1) is 9.72. The Hall–Kier alpha value is -2.49. The molecule has 3 aromatic rings. The third kappa shape index (κ3) is 1.59. The van der Waals surface area contributed by atoms with Crippen LogP contribution in [-0.4, -0.2) is 11.4 Å². The standard InChI is InChI=1S/C13H10N2O2/c16-8-15-12-6-11(10-2-4-17-7-10)5-9-1-3-14-13(9)12/h1-8,14H,(H,15,16). The van der Waals surface area contributed by atoms with E-state index >= 15 is 0 Å². The molecule has 0 saturated heterocycles. The van der Waals surface area contributed by atoms with Gasteiger partial charge in [0.2, 0.25) is 6.41 Å². The molecule has 2 heterocycles. The van der Waals surface area contributed by atoms with Crippen molar-refractivity contribution in [2.45, 2.75) is 0 Å². The summed E-state index contributed by atoms with van der Waals surface area (Å²) < 4.78 is 5.06. The number of fused-ring (bicyclic) bond motifs is 1. The van der Waals surface area contributed by atoms with Gasteiger partial charge in [-0.15, -0.1) is 0 Å². The normalized spacial score (nSPS) is 10.6. The van der Waals surface area contributed by atoms with Gasteiger partial charge in [-0.2, -0.15) is 0 Å². The van der Waals surface area contributed by atoms with Crippen molar-refractivity contribution >= 4 is 23.0 Å². The summed E-state index contributed by atoms with van der Waals surface area (Å²) in [5.74, 6) is 0. The SMILES string of the molecule is O=CNc1cc(-c2ccoc2)cc2cc[nH]c12. The minimum Gasteiger partial charge on any atom is -0.472 e. The van der Waals surface area contributed by atoms with Crippen LogP contribution in [0.2, 0.25) is 0 Å². The van der Waals surface area contributed by atoms with Gasteiger partial charge in [0.1, 0.15) is 0 Å². The van der Waals surface area contributed by atoms with Crippen molar-refractivity contribution < 1.29 is 9.21 Å². The summed E-state index contributed by atoms with van der Waals surface area (Å²) in [7, 11) is 0. The van der Waals surface area contributed by atoms with Gasteiger partial charge in [0, 0.05) is 17.1 Å². The molecule has 0 atom stereocenters. The predicted octanol–water partition coefficient (Wildman–Crippen LogP) is 3.00. The van der Waals surface area contributed by atoms with Crippen LogP contribution in [0, 0.1) is 0 Å². The van der Waals surface area contributed by atoms with Gasteiger partial charge in [-0.1, -0.05) is 0 Å². The molecular formula is C13H10N2O2. The topological polar surface area (TPSA) is 58.0 Å². The molecule has 2 aromatic heterocycles. The first-order valence-corrected chi connectivity index (χ1v) is 5.22. The van der Waals surface area contributed by atoms with E-state index in [0.717, 1.165) is 27.7 Å². The second-order valence-corrected chi connectivity index (χ2v) is 3.74. The van der Waals surface area contributed by atoms with Crippen LogP contribution in [0.4, 0.5) is 5.69 Å². The Morgan fingerprint density at radius 3 is 2.94 bits per heavy atom. The van der Waals surface area contributed by atoms with Crippen LogP contribution < -0.4 is 5.32 Å². The van der Waals surface area contributed by atoms with Crippen molar-refractivity contribution in [2.75, 3.05) is 5.32 Å². The highest BCUT2D eigenvalue weighted by Gasteiger charge is 2.07. The molecule has 0 aliphatic carbocycles. The number of amides is 1. The molecule has 4 nitrogen and oxygen atoms in total. The quantitative estimate of drug-likeness (QED) is 0.674. The van der Waals surface area contributed by atoms with Gasteiger partial charge in [-0.3, -0.25) is 4.79 Å². The maximum Gasteiger partial charge on any atom is 0.211 e. The highest BCUT2D eigenvalue weighted by atomic mass is 16.3. The Labute approximate surface area is 97.2 Å². The maximum atomic E-state index is 10.6. The van der Waals surface area contributed by atoms with Crippen LogP contribution in [0.25, 0.3) is 22.0 Å². The summed E-state index contributed by atoms with van der Waals surface area (Å²) in [6, 6.07) is 7.82.